The summed E-state index contributed by atoms with van der Waals surface area (Å²) in [6, 6.07) is 2.07. The number of aliphatic carboxylic acids is 1. The van der Waals surface area contributed by atoms with Crippen LogP contribution in [0.3, 0.4) is 0 Å². The van der Waals surface area contributed by atoms with Crippen LogP contribution in [0.25, 0.3) is 0 Å². The normalized spacial score (nSPS) is 27.7. The van der Waals surface area contributed by atoms with Gasteiger partial charge in [0.25, 0.3) is 5.91 Å². The predicted molar refractivity (Wildman–Crippen MR) is 146 cm³/mol. The Morgan fingerprint density at radius 3 is 2.24 bits per heavy atom. The molecule has 1 amide bonds. The van der Waals surface area contributed by atoms with Gasteiger partial charge in [-0.1, -0.05) is 29.6 Å². The molecular weight excluding hydrogens is 582 g/mol. The number of hydrogen-bond donors (Lipinski definition) is 1. The van der Waals surface area contributed by atoms with E-state index in [2.05, 4.69) is 5.10 Å². The number of Topliss-reactive ketones (excluding diaryl/α,β-unsaturated/α-hetero) is 1. The van der Waals surface area contributed by atoms with Crippen LogP contribution < -0.4 is 0 Å². The van der Waals surface area contributed by atoms with Crippen LogP contribution in [0.15, 0.2) is 18.3 Å². The number of carboxylic acids is 1. The number of carbonyl (C=O) groups excluding carboxylic acids is 2. The van der Waals surface area contributed by atoms with Crippen molar-refractivity contribution in [2.75, 3.05) is 6.54 Å². The fraction of sp³-hybridized carbons (Fsp3) is 0.586. The molecule has 0 aliphatic heterocycles. The van der Waals surface area contributed by atoms with E-state index in [0.29, 0.717) is 12.3 Å². The summed E-state index contributed by atoms with van der Waals surface area (Å²) in [5.41, 5.74) is -2.02. The molecule has 3 saturated carbocycles. The number of alkyl halides is 3. The highest BCUT2D eigenvalue weighted by atomic mass is 35.5. The maximum Gasteiger partial charge on any atom is 0.433 e. The molecule has 7 nitrogen and oxygen atoms in total. The summed E-state index contributed by atoms with van der Waals surface area (Å²) in [6.07, 6.45) is 0.102. The number of aryl methyl sites for hydroxylation is 1. The van der Waals surface area contributed by atoms with Crippen LogP contribution in [0.2, 0.25) is 10.0 Å². The van der Waals surface area contributed by atoms with Gasteiger partial charge in [0.15, 0.2) is 11.5 Å². The topological polar surface area (TPSA) is 92.5 Å². The van der Waals surface area contributed by atoms with Gasteiger partial charge >= 0.3 is 12.1 Å². The highest BCUT2D eigenvalue weighted by molar-refractivity contribution is 6.40. The Labute approximate surface area is 246 Å². The van der Waals surface area contributed by atoms with Gasteiger partial charge < -0.3 is 10.0 Å². The highest BCUT2D eigenvalue weighted by Gasteiger charge is 2.48. The molecule has 12 heteroatoms. The standard InChI is InChI=1S/C29H32Cl2F3N3O4/c1-15-9-20(30)24(21(31)10-15)23(38)14-36(22-12-16-3-4-17(22)11-16)26(39)19-13-35-37(25(19)29(32,33)34)18-5-7-28(2,8-6-18)27(40)41/h9-10,13,16-18,22H,3-8,11-12,14H2,1-2H3,(H,40,41)/t16-,17-,18?,22-,28?/m0/s1. The Hall–Kier alpha value is -2.59. The number of aromatic nitrogens is 2. The Kier molecular flexibility index (Phi) is 7.96. The number of carbonyl (C=O) groups is 3. The third-order valence-electron chi connectivity index (χ3n) is 9.36. The maximum atomic E-state index is 14.6. The van der Waals surface area contributed by atoms with E-state index in [9.17, 15) is 32.7 Å². The quantitative estimate of drug-likeness (QED) is 0.332. The molecule has 3 aliphatic rings. The van der Waals surface area contributed by atoms with Crippen LogP contribution in [0, 0.1) is 24.2 Å². The minimum atomic E-state index is -4.90. The molecule has 1 N–H and O–H groups in total. The van der Waals surface area contributed by atoms with E-state index >= 15 is 0 Å². The van der Waals surface area contributed by atoms with E-state index in [1.165, 1.54) is 4.90 Å². The lowest BCUT2D eigenvalue weighted by Gasteiger charge is -2.35. The van der Waals surface area contributed by atoms with Crippen molar-refractivity contribution < 1.29 is 32.7 Å². The first-order valence-electron chi connectivity index (χ1n) is 13.9. The molecule has 2 bridgehead atoms. The number of ketones is 1. The fourth-order valence-corrected chi connectivity index (χ4v) is 7.87. The van der Waals surface area contributed by atoms with Crippen LogP contribution >= 0.6 is 23.2 Å². The number of nitrogens with zero attached hydrogens (tertiary/aromatic N) is 3. The zero-order chi connectivity index (χ0) is 29.9. The van der Waals surface area contributed by atoms with Crippen molar-refractivity contribution in [2.45, 2.75) is 83.5 Å². The van der Waals surface area contributed by atoms with Crippen molar-refractivity contribution in [3.05, 3.63) is 50.8 Å². The van der Waals surface area contributed by atoms with E-state index in [4.69, 9.17) is 23.2 Å². The van der Waals surface area contributed by atoms with Crippen molar-refractivity contribution in [3.63, 3.8) is 0 Å². The molecule has 41 heavy (non-hydrogen) atoms. The molecule has 0 radical (unpaired) electrons. The first kappa shape index (κ1) is 29.9. The summed E-state index contributed by atoms with van der Waals surface area (Å²) in [4.78, 5) is 40.5. The number of rotatable bonds is 7. The molecule has 3 aliphatic carbocycles. The number of fused-ring (bicyclic) bond motifs is 2. The molecule has 0 spiro atoms. The molecule has 0 saturated heterocycles. The first-order chi connectivity index (χ1) is 19.2. The van der Waals surface area contributed by atoms with E-state index in [1.807, 2.05) is 0 Å². The highest BCUT2D eigenvalue weighted by Crippen LogP contribution is 2.48. The van der Waals surface area contributed by atoms with Crippen molar-refractivity contribution in [1.29, 1.82) is 0 Å². The van der Waals surface area contributed by atoms with Gasteiger partial charge in [0.1, 0.15) is 0 Å². The summed E-state index contributed by atoms with van der Waals surface area (Å²) in [7, 11) is 0. The smallest absolute Gasteiger partial charge is 0.433 e. The Morgan fingerprint density at radius 2 is 1.73 bits per heavy atom. The molecule has 1 aromatic heterocycles. The molecule has 3 fully saturated rings. The zero-order valence-electron chi connectivity index (χ0n) is 22.8. The van der Waals surface area contributed by atoms with E-state index in [1.54, 1.807) is 26.0 Å². The van der Waals surface area contributed by atoms with Gasteiger partial charge in [-0.15, -0.1) is 0 Å². The summed E-state index contributed by atoms with van der Waals surface area (Å²) in [5.74, 6) is -1.98. The van der Waals surface area contributed by atoms with Gasteiger partial charge in [-0.3, -0.25) is 19.1 Å². The van der Waals surface area contributed by atoms with Gasteiger partial charge in [-0.05, 0) is 88.3 Å². The Balaban J connectivity index is 1.49. The zero-order valence-corrected chi connectivity index (χ0v) is 24.3. The first-order valence-corrected chi connectivity index (χ1v) is 14.6. The monoisotopic (exact) mass is 613 g/mol. The third kappa shape index (κ3) is 5.61. The average molecular weight is 614 g/mol. The Morgan fingerprint density at radius 1 is 1.10 bits per heavy atom. The minimum Gasteiger partial charge on any atom is -0.481 e. The largest absolute Gasteiger partial charge is 0.481 e. The summed E-state index contributed by atoms with van der Waals surface area (Å²) in [5, 5.41) is 13.8. The summed E-state index contributed by atoms with van der Waals surface area (Å²) in [6.45, 7) is 2.89. The van der Waals surface area contributed by atoms with E-state index in [0.717, 1.165) is 35.7 Å². The molecule has 2 aromatic rings. The van der Waals surface area contributed by atoms with Crippen LogP contribution in [0.1, 0.15) is 96.3 Å². The lowest BCUT2D eigenvalue weighted by atomic mass is 9.74. The molecule has 0 unspecified atom stereocenters. The van der Waals surface area contributed by atoms with Crippen LogP contribution in [-0.4, -0.2) is 50.0 Å². The summed E-state index contributed by atoms with van der Waals surface area (Å²) >= 11 is 12.7. The number of hydrogen-bond acceptors (Lipinski definition) is 4. The van der Waals surface area contributed by atoms with Crippen molar-refractivity contribution in [1.82, 2.24) is 14.7 Å². The second kappa shape index (κ2) is 10.9. The van der Waals surface area contributed by atoms with E-state index in [-0.39, 0.29) is 53.3 Å². The minimum absolute atomic E-state index is 0.0373. The van der Waals surface area contributed by atoms with Crippen molar-refractivity contribution in [3.8, 4) is 0 Å². The third-order valence-corrected chi connectivity index (χ3v) is 9.95. The summed E-state index contributed by atoms with van der Waals surface area (Å²) < 4.78 is 44.6. The molecule has 5 rings (SSSR count). The molecule has 1 aromatic carbocycles. The number of carboxylic acid groups (broad SMARTS) is 1. The van der Waals surface area contributed by atoms with Crippen molar-refractivity contribution >= 4 is 40.9 Å². The number of halogens is 5. The molecular formula is C29H32Cl2F3N3O4. The average Bonchev–Trinajstić information content (AvgIpc) is 3.62. The second-order valence-corrected chi connectivity index (χ2v) is 13.0. The van der Waals surface area contributed by atoms with Gasteiger partial charge in [0, 0.05) is 6.04 Å². The van der Waals surface area contributed by atoms with Crippen LogP contribution in [0.4, 0.5) is 13.2 Å². The van der Waals surface area contributed by atoms with Crippen LogP contribution in [0.5, 0.6) is 0 Å². The van der Waals surface area contributed by atoms with E-state index < -0.39 is 53.1 Å². The number of amides is 1. The van der Waals surface area contributed by atoms with Crippen LogP contribution in [-0.2, 0) is 11.0 Å². The number of benzene rings is 1. The van der Waals surface area contributed by atoms with Crippen molar-refractivity contribution in [2.24, 2.45) is 17.3 Å². The Bertz CT molecular complexity index is 1360. The lowest BCUT2D eigenvalue weighted by molar-refractivity contribution is -0.152. The predicted octanol–water partition coefficient (Wildman–Crippen LogP) is 7.24. The SMILES string of the molecule is Cc1cc(Cl)c(C(=O)CN(C(=O)c2cnn(C3CCC(C)(C(=O)O)CC3)c2C(F)(F)F)[C@H]2C[C@H]3CC[C@H]2C3)c(Cl)c1. The van der Waals surface area contributed by atoms with Gasteiger partial charge in [0.05, 0.1) is 45.4 Å². The molecule has 3 atom stereocenters. The van der Waals surface area contributed by atoms with Gasteiger partial charge in [-0.25, -0.2) is 0 Å². The maximum absolute atomic E-state index is 14.6. The van der Waals surface area contributed by atoms with Gasteiger partial charge in [-0.2, -0.15) is 18.3 Å². The molecule has 1 heterocycles. The lowest BCUT2D eigenvalue weighted by Crippen LogP contribution is -2.46. The fourth-order valence-electron chi connectivity index (χ4n) is 7.06. The molecule has 222 valence electrons. The van der Waals surface area contributed by atoms with Gasteiger partial charge in [0.2, 0.25) is 0 Å². The second-order valence-electron chi connectivity index (χ2n) is 12.1.